The van der Waals surface area contributed by atoms with Gasteiger partial charge in [-0.15, -0.1) is 0 Å². The summed E-state index contributed by atoms with van der Waals surface area (Å²) in [5, 5.41) is 11.9. The topological polar surface area (TPSA) is 71.5 Å². The summed E-state index contributed by atoms with van der Waals surface area (Å²) in [7, 11) is 0. The highest BCUT2D eigenvalue weighted by Crippen LogP contribution is 2.26. The number of amides is 1. The summed E-state index contributed by atoms with van der Waals surface area (Å²) in [5.41, 5.74) is 1.95. The molecule has 1 aromatic heterocycles. The summed E-state index contributed by atoms with van der Waals surface area (Å²) < 4.78 is 5.70. The van der Waals surface area contributed by atoms with E-state index in [-0.39, 0.29) is 18.6 Å². The molecule has 0 saturated heterocycles. The van der Waals surface area contributed by atoms with Gasteiger partial charge < -0.3 is 15.2 Å². The third kappa shape index (κ3) is 5.16. The van der Waals surface area contributed by atoms with Gasteiger partial charge in [-0.05, 0) is 48.6 Å². The lowest BCUT2D eigenvalue weighted by molar-refractivity contribution is -0.118. The van der Waals surface area contributed by atoms with Crippen molar-refractivity contribution in [2.45, 2.75) is 25.5 Å². The average molecular weight is 338 g/mol. The second kappa shape index (κ2) is 8.44. The number of pyridine rings is 1. The van der Waals surface area contributed by atoms with Crippen LogP contribution in [-0.4, -0.2) is 28.6 Å². The number of rotatable bonds is 7. The molecule has 0 spiro atoms. The summed E-state index contributed by atoms with van der Waals surface area (Å²) >= 11 is 0. The molecule has 1 aliphatic carbocycles. The molecule has 1 aromatic carbocycles. The van der Waals surface area contributed by atoms with Crippen LogP contribution in [-0.2, 0) is 11.4 Å². The molecule has 1 amide bonds. The van der Waals surface area contributed by atoms with Crippen molar-refractivity contribution < 1.29 is 14.6 Å². The monoisotopic (exact) mass is 338 g/mol. The van der Waals surface area contributed by atoms with Crippen LogP contribution in [0.4, 0.5) is 0 Å². The number of carbonyl (C=O) groups excluding carboxylic acids is 1. The summed E-state index contributed by atoms with van der Waals surface area (Å²) in [6.45, 7) is 0.680. The molecule has 3 rings (SSSR count). The van der Waals surface area contributed by atoms with Crippen LogP contribution in [0.1, 0.15) is 24.0 Å². The minimum atomic E-state index is -0.0988. The molecule has 5 heteroatoms. The van der Waals surface area contributed by atoms with E-state index in [2.05, 4.69) is 10.3 Å². The molecule has 1 heterocycles. The van der Waals surface area contributed by atoms with E-state index in [1.54, 1.807) is 18.5 Å². The summed E-state index contributed by atoms with van der Waals surface area (Å²) in [6, 6.07) is 11.6. The Hall–Kier alpha value is -2.66. The fourth-order valence-corrected chi connectivity index (χ4v) is 2.75. The first-order valence-corrected chi connectivity index (χ1v) is 8.44. The summed E-state index contributed by atoms with van der Waals surface area (Å²) in [5.74, 6) is 1.02. The van der Waals surface area contributed by atoms with Gasteiger partial charge in [-0.3, -0.25) is 9.78 Å². The molecule has 2 aromatic rings. The summed E-state index contributed by atoms with van der Waals surface area (Å²) in [4.78, 5) is 15.9. The van der Waals surface area contributed by atoms with Crippen LogP contribution < -0.4 is 10.1 Å². The van der Waals surface area contributed by atoms with Gasteiger partial charge in [-0.1, -0.05) is 18.2 Å². The van der Waals surface area contributed by atoms with E-state index in [1.807, 2.05) is 36.4 Å². The summed E-state index contributed by atoms with van der Waals surface area (Å²) in [6.07, 6.45) is 8.55. The third-order valence-corrected chi connectivity index (χ3v) is 4.28. The number of aliphatic hydroxyl groups excluding tert-OH is 1. The van der Waals surface area contributed by atoms with Crippen LogP contribution in [0.25, 0.3) is 6.08 Å². The molecule has 1 aliphatic rings. The molecule has 0 bridgehead atoms. The molecule has 0 unspecified atom stereocenters. The Labute approximate surface area is 147 Å². The van der Waals surface area contributed by atoms with Gasteiger partial charge in [0, 0.05) is 36.7 Å². The molecular formula is C20H22N2O3. The zero-order valence-corrected chi connectivity index (χ0v) is 14.0. The Morgan fingerprint density at radius 1 is 1.28 bits per heavy atom. The first-order chi connectivity index (χ1) is 12.2. The minimum Gasteiger partial charge on any atom is -0.489 e. The lowest BCUT2D eigenvalue weighted by Crippen LogP contribution is -2.44. The van der Waals surface area contributed by atoms with Crippen LogP contribution in [0.2, 0.25) is 0 Å². The Kier molecular flexibility index (Phi) is 5.80. The maximum Gasteiger partial charge on any atom is 0.244 e. The Morgan fingerprint density at radius 3 is 2.76 bits per heavy atom. The number of carbonyl (C=O) groups is 1. The zero-order chi connectivity index (χ0) is 17.5. The quantitative estimate of drug-likeness (QED) is 0.761. The van der Waals surface area contributed by atoms with E-state index >= 15 is 0 Å². The zero-order valence-electron chi connectivity index (χ0n) is 14.0. The van der Waals surface area contributed by atoms with Gasteiger partial charge in [0.15, 0.2) is 0 Å². The standard InChI is InChI=1S/C20H22N2O3/c23-13-17-10-18(11-17)22-20(24)8-5-15-3-6-19(7-4-15)25-14-16-2-1-9-21-12-16/h1-9,12,17-18,23H,10-11,13-14H2,(H,22,24)/b8-5+. The van der Waals surface area contributed by atoms with E-state index in [9.17, 15) is 4.79 Å². The van der Waals surface area contributed by atoms with E-state index in [1.165, 1.54) is 6.08 Å². The van der Waals surface area contributed by atoms with Crippen LogP contribution in [0.5, 0.6) is 5.75 Å². The highest BCUT2D eigenvalue weighted by molar-refractivity contribution is 5.91. The molecule has 1 saturated carbocycles. The fourth-order valence-electron chi connectivity index (χ4n) is 2.75. The van der Waals surface area contributed by atoms with Gasteiger partial charge in [0.25, 0.3) is 0 Å². The van der Waals surface area contributed by atoms with E-state index in [0.717, 1.165) is 29.7 Å². The number of ether oxygens (including phenoxy) is 1. The predicted molar refractivity (Wildman–Crippen MR) is 95.8 cm³/mol. The van der Waals surface area contributed by atoms with Gasteiger partial charge >= 0.3 is 0 Å². The number of aromatic nitrogens is 1. The van der Waals surface area contributed by atoms with Crippen molar-refractivity contribution in [1.29, 1.82) is 0 Å². The SMILES string of the molecule is O=C(/C=C/c1ccc(OCc2cccnc2)cc1)NC1CC(CO)C1. The van der Waals surface area contributed by atoms with Crippen LogP contribution in [0, 0.1) is 5.92 Å². The number of nitrogens with zero attached hydrogens (tertiary/aromatic N) is 1. The lowest BCUT2D eigenvalue weighted by Gasteiger charge is -2.34. The van der Waals surface area contributed by atoms with Gasteiger partial charge in [0.2, 0.25) is 5.91 Å². The second-order valence-electron chi connectivity index (χ2n) is 6.28. The van der Waals surface area contributed by atoms with Gasteiger partial charge in [0.05, 0.1) is 0 Å². The average Bonchev–Trinajstić information content (AvgIpc) is 2.62. The molecule has 25 heavy (non-hydrogen) atoms. The lowest BCUT2D eigenvalue weighted by atomic mass is 9.81. The van der Waals surface area contributed by atoms with E-state index in [4.69, 9.17) is 9.84 Å². The first kappa shape index (κ1) is 17.2. The van der Waals surface area contributed by atoms with Crippen molar-refractivity contribution >= 4 is 12.0 Å². The van der Waals surface area contributed by atoms with Crippen molar-refractivity contribution in [1.82, 2.24) is 10.3 Å². The van der Waals surface area contributed by atoms with Gasteiger partial charge in [0.1, 0.15) is 12.4 Å². The van der Waals surface area contributed by atoms with Crippen molar-refractivity contribution in [2.75, 3.05) is 6.61 Å². The molecule has 5 nitrogen and oxygen atoms in total. The van der Waals surface area contributed by atoms with Gasteiger partial charge in [-0.25, -0.2) is 0 Å². The Balaban J connectivity index is 1.44. The molecule has 0 aliphatic heterocycles. The van der Waals surface area contributed by atoms with E-state index in [0.29, 0.717) is 12.5 Å². The number of benzene rings is 1. The van der Waals surface area contributed by atoms with Crippen LogP contribution >= 0.6 is 0 Å². The highest BCUT2D eigenvalue weighted by atomic mass is 16.5. The van der Waals surface area contributed by atoms with Crippen LogP contribution in [0.3, 0.4) is 0 Å². The molecule has 1 fully saturated rings. The molecular weight excluding hydrogens is 316 g/mol. The van der Waals surface area contributed by atoms with Crippen LogP contribution in [0.15, 0.2) is 54.9 Å². The Morgan fingerprint density at radius 2 is 2.08 bits per heavy atom. The molecule has 0 radical (unpaired) electrons. The molecule has 0 atom stereocenters. The number of hydrogen-bond donors (Lipinski definition) is 2. The maximum absolute atomic E-state index is 11.8. The fraction of sp³-hybridized carbons (Fsp3) is 0.300. The largest absolute Gasteiger partial charge is 0.489 e. The van der Waals surface area contributed by atoms with Crippen molar-refractivity contribution in [3.05, 3.63) is 66.0 Å². The predicted octanol–water partition coefficient (Wildman–Crippen LogP) is 2.56. The highest BCUT2D eigenvalue weighted by Gasteiger charge is 2.28. The minimum absolute atomic E-state index is 0.0988. The second-order valence-corrected chi connectivity index (χ2v) is 6.28. The number of aliphatic hydroxyl groups is 1. The van der Waals surface area contributed by atoms with Crippen molar-refractivity contribution in [3.8, 4) is 5.75 Å². The van der Waals surface area contributed by atoms with Gasteiger partial charge in [-0.2, -0.15) is 0 Å². The normalized spacial score (nSPS) is 19.4. The number of hydrogen-bond acceptors (Lipinski definition) is 4. The maximum atomic E-state index is 11.8. The molecule has 2 N–H and O–H groups in total. The van der Waals surface area contributed by atoms with E-state index < -0.39 is 0 Å². The Bertz CT molecular complexity index is 707. The van der Waals surface area contributed by atoms with Crippen molar-refractivity contribution in [2.24, 2.45) is 5.92 Å². The third-order valence-electron chi connectivity index (χ3n) is 4.28. The first-order valence-electron chi connectivity index (χ1n) is 8.44. The number of nitrogens with one attached hydrogen (secondary N) is 1. The molecule has 130 valence electrons. The van der Waals surface area contributed by atoms with Crippen molar-refractivity contribution in [3.63, 3.8) is 0 Å². The smallest absolute Gasteiger partial charge is 0.244 e.